The van der Waals surface area contributed by atoms with Crippen LogP contribution < -0.4 is 20.5 Å². The lowest BCUT2D eigenvalue weighted by Gasteiger charge is -2.15. The Labute approximate surface area is 282 Å². The van der Waals surface area contributed by atoms with Crippen molar-refractivity contribution < 1.29 is 23.7 Å². The number of imidazole rings is 1. The number of nitrogens with zero attached hydrogens (tertiary/aromatic N) is 2. The van der Waals surface area contributed by atoms with E-state index in [1.165, 1.54) is 0 Å². The SMILES string of the molecule is COc1ccc(-c2nc(-c3cc(C)cc(C)c3)n(Cc3ccc(C(=O)NCCOCCOCCN)cc3)c2-c2ccc(OC)cc2)cc1. The van der Waals surface area contributed by atoms with Crippen molar-refractivity contribution in [3.63, 3.8) is 0 Å². The van der Waals surface area contributed by atoms with Crippen LogP contribution in [0.4, 0.5) is 0 Å². The number of methoxy groups -OCH3 is 2. The molecule has 48 heavy (non-hydrogen) atoms. The van der Waals surface area contributed by atoms with Crippen molar-refractivity contribution in [1.29, 1.82) is 0 Å². The van der Waals surface area contributed by atoms with Gasteiger partial charge in [-0.15, -0.1) is 0 Å². The lowest BCUT2D eigenvalue weighted by molar-refractivity contribution is 0.0511. The number of rotatable bonds is 16. The second-order valence-electron chi connectivity index (χ2n) is 11.5. The first-order valence-electron chi connectivity index (χ1n) is 16.1. The highest BCUT2D eigenvalue weighted by molar-refractivity contribution is 5.94. The zero-order chi connectivity index (χ0) is 33.9. The maximum atomic E-state index is 12.8. The molecule has 0 radical (unpaired) electrons. The minimum absolute atomic E-state index is 0.149. The van der Waals surface area contributed by atoms with Crippen molar-refractivity contribution in [2.45, 2.75) is 20.4 Å². The van der Waals surface area contributed by atoms with Crippen molar-refractivity contribution in [1.82, 2.24) is 14.9 Å². The molecular weight excluding hydrogens is 604 g/mol. The zero-order valence-electron chi connectivity index (χ0n) is 28.1. The molecule has 9 heteroatoms. The van der Waals surface area contributed by atoms with Crippen molar-refractivity contribution in [2.75, 3.05) is 53.7 Å². The summed E-state index contributed by atoms with van der Waals surface area (Å²) in [7, 11) is 3.33. The average molecular weight is 649 g/mol. The summed E-state index contributed by atoms with van der Waals surface area (Å²) in [6, 6.07) is 30.3. The van der Waals surface area contributed by atoms with Crippen molar-refractivity contribution in [3.05, 3.63) is 113 Å². The van der Waals surface area contributed by atoms with Gasteiger partial charge in [0.25, 0.3) is 5.91 Å². The van der Waals surface area contributed by atoms with Crippen molar-refractivity contribution in [2.24, 2.45) is 5.73 Å². The molecule has 0 saturated heterocycles. The number of hydrogen-bond donors (Lipinski definition) is 2. The van der Waals surface area contributed by atoms with Crippen molar-refractivity contribution in [3.8, 4) is 45.4 Å². The quantitative estimate of drug-likeness (QED) is 0.121. The van der Waals surface area contributed by atoms with Gasteiger partial charge in [-0.2, -0.15) is 0 Å². The smallest absolute Gasteiger partial charge is 0.251 e. The van der Waals surface area contributed by atoms with Gasteiger partial charge in [-0.1, -0.05) is 29.3 Å². The first-order chi connectivity index (χ1) is 23.4. The Balaban J connectivity index is 1.47. The van der Waals surface area contributed by atoms with E-state index in [1.54, 1.807) is 14.2 Å². The molecule has 5 rings (SSSR count). The summed E-state index contributed by atoms with van der Waals surface area (Å²) in [4.78, 5) is 18.2. The van der Waals surface area contributed by atoms with E-state index in [-0.39, 0.29) is 5.91 Å². The van der Waals surface area contributed by atoms with Crippen molar-refractivity contribution >= 4 is 5.91 Å². The fourth-order valence-electron chi connectivity index (χ4n) is 5.61. The van der Waals surface area contributed by atoms with Gasteiger partial charge in [0.15, 0.2) is 0 Å². The van der Waals surface area contributed by atoms with Gasteiger partial charge in [0.1, 0.15) is 17.3 Å². The number of hydrogen-bond acceptors (Lipinski definition) is 7. The molecule has 3 N–H and O–H groups in total. The third-order valence-electron chi connectivity index (χ3n) is 7.90. The molecule has 9 nitrogen and oxygen atoms in total. The number of benzene rings is 4. The van der Waals surface area contributed by atoms with Crippen LogP contribution in [-0.2, 0) is 16.0 Å². The third kappa shape index (κ3) is 8.68. The molecule has 0 aliphatic carbocycles. The van der Waals surface area contributed by atoms with Gasteiger partial charge in [0, 0.05) is 41.9 Å². The van der Waals surface area contributed by atoms with Gasteiger partial charge in [0.05, 0.1) is 52.0 Å². The second-order valence-corrected chi connectivity index (χ2v) is 11.5. The molecule has 1 heterocycles. The van der Waals surface area contributed by atoms with Crippen LogP contribution >= 0.6 is 0 Å². The molecule has 4 aromatic carbocycles. The number of aromatic nitrogens is 2. The van der Waals surface area contributed by atoms with Gasteiger partial charge < -0.3 is 34.6 Å². The van der Waals surface area contributed by atoms with E-state index >= 15 is 0 Å². The Kier molecular flexibility index (Phi) is 12.0. The molecule has 0 atom stereocenters. The van der Waals surface area contributed by atoms with Gasteiger partial charge in [-0.3, -0.25) is 4.79 Å². The molecule has 1 amide bonds. The van der Waals surface area contributed by atoms with Crippen LogP contribution in [0.5, 0.6) is 11.5 Å². The minimum Gasteiger partial charge on any atom is -0.497 e. The molecule has 1 aromatic heterocycles. The number of ether oxygens (including phenoxy) is 4. The van der Waals surface area contributed by atoms with Gasteiger partial charge in [0.2, 0.25) is 0 Å². The number of nitrogens with two attached hydrogens (primary N) is 1. The summed E-state index contributed by atoms with van der Waals surface area (Å²) in [6.45, 7) is 7.49. The average Bonchev–Trinajstić information content (AvgIpc) is 3.48. The van der Waals surface area contributed by atoms with E-state index < -0.39 is 0 Å². The Hall–Kier alpha value is -4.96. The Morgan fingerprint density at radius 3 is 1.90 bits per heavy atom. The molecule has 0 saturated carbocycles. The van der Waals surface area contributed by atoms with Crippen LogP contribution in [0.25, 0.3) is 33.9 Å². The van der Waals surface area contributed by atoms with Crippen LogP contribution in [-0.4, -0.2) is 69.2 Å². The Bertz CT molecular complexity index is 1760. The van der Waals surface area contributed by atoms with E-state index in [1.807, 2.05) is 60.7 Å². The third-order valence-corrected chi connectivity index (χ3v) is 7.90. The Morgan fingerprint density at radius 2 is 1.31 bits per heavy atom. The largest absolute Gasteiger partial charge is 0.497 e. The molecule has 0 bridgehead atoms. The van der Waals surface area contributed by atoms with Crippen LogP contribution in [0.3, 0.4) is 0 Å². The summed E-state index contributed by atoms with van der Waals surface area (Å²) < 4.78 is 24.0. The summed E-state index contributed by atoms with van der Waals surface area (Å²) in [6.07, 6.45) is 0. The summed E-state index contributed by atoms with van der Waals surface area (Å²) in [5.74, 6) is 2.27. The first-order valence-corrected chi connectivity index (χ1v) is 16.1. The van der Waals surface area contributed by atoms with E-state index in [9.17, 15) is 4.79 Å². The number of amides is 1. The molecule has 0 aliphatic heterocycles. The highest BCUT2D eigenvalue weighted by atomic mass is 16.5. The number of aryl methyl sites for hydroxylation is 2. The molecular formula is C39H44N4O5. The topological polar surface area (TPSA) is 110 Å². The number of nitrogens with one attached hydrogen (secondary N) is 1. The van der Waals surface area contributed by atoms with E-state index in [0.717, 1.165) is 62.1 Å². The molecule has 0 aliphatic rings. The van der Waals surface area contributed by atoms with Gasteiger partial charge in [-0.25, -0.2) is 4.98 Å². The monoisotopic (exact) mass is 648 g/mol. The first kappa shape index (κ1) is 34.4. The minimum atomic E-state index is -0.149. The van der Waals surface area contributed by atoms with Crippen LogP contribution in [0.15, 0.2) is 91.0 Å². The number of carbonyl (C=O) groups excluding carboxylic acids is 1. The lowest BCUT2D eigenvalue weighted by Crippen LogP contribution is -2.27. The van der Waals surface area contributed by atoms with Crippen LogP contribution in [0.1, 0.15) is 27.0 Å². The summed E-state index contributed by atoms with van der Waals surface area (Å²) in [5.41, 5.74) is 14.2. The number of carbonyl (C=O) groups is 1. The van der Waals surface area contributed by atoms with Crippen LogP contribution in [0, 0.1) is 13.8 Å². The molecule has 5 aromatic rings. The molecule has 250 valence electrons. The predicted octanol–water partition coefficient (Wildman–Crippen LogP) is 6.29. The maximum Gasteiger partial charge on any atom is 0.251 e. The molecule has 0 unspecified atom stereocenters. The standard InChI is InChI=1S/C39H44N4O5/c1-27-23-28(2)25-33(24-27)38-42-36(30-9-13-34(45-3)14-10-30)37(31-11-15-35(46-4)16-12-31)43(38)26-29-5-7-32(8-6-29)39(44)41-18-20-48-22-21-47-19-17-40/h5-16,23-25H,17-22,26,40H2,1-4H3,(H,41,44). The fraction of sp³-hybridized carbons (Fsp3) is 0.282. The van der Waals surface area contributed by atoms with Crippen LogP contribution in [0.2, 0.25) is 0 Å². The normalized spacial score (nSPS) is 11.0. The van der Waals surface area contributed by atoms with E-state index in [2.05, 4.69) is 54.1 Å². The predicted molar refractivity (Wildman–Crippen MR) is 190 cm³/mol. The highest BCUT2D eigenvalue weighted by Crippen LogP contribution is 2.38. The summed E-state index contributed by atoms with van der Waals surface area (Å²) in [5, 5.41) is 2.92. The van der Waals surface area contributed by atoms with Gasteiger partial charge >= 0.3 is 0 Å². The molecule has 0 fully saturated rings. The maximum absolute atomic E-state index is 12.8. The second kappa shape index (κ2) is 16.7. The summed E-state index contributed by atoms with van der Waals surface area (Å²) >= 11 is 0. The fourth-order valence-corrected chi connectivity index (χ4v) is 5.61. The molecule has 0 spiro atoms. The Morgan fingerprint density at radius 1 is 0.729 bits per heavy atom. The van der Waals surface area contributed by atoms with E-state index in [4.69, 9.17) is 29.7 Å². The van der Waals surface area contributed by atoms with Gasteiger partial charge in [-0.05, 0) is 92.2 Å². The zero-order valence-corrected chi connectivity index (χ0v) is 28.1. The van der Waals surface area contributed by atoms with E-state index in [0.29, 0.717) is 51.6 Å². The lowest BCUT2D eigenvalue weighted by atomic mass is 10.0. The highest BCUT2D eigenvalue weighted by Gasteiger charge is 2.22.